The van der Waals surface area contributed by atoms with Gasteiger partial charge in [0.2, 0.25) is 5.91 Å². The minimum Gasteiger partial charge on any atom is -0.365 e. The smallest absolute Gasteiger partial charge is 0.248 e. The molecule has 0 saturated heterocycles. The summed E-state index contributed by atoms with van der Waals surface area (Å²) in [7, 11) is 0. The molecular formula is C13H26N2O2. The minimum atomic E-state index is -0.363. The average Bonchev–Trinajstić information content (AvgIpc) is 2.63. The molecule has 3 N–H and O–H groups in total. The first-order valence-corrected chi connectivity index (χ1v) is 6.67. The molecule has 0 radical (unpaired) electrons. The highest BCUT2D eigenvalue weighted by Gasteiger charge is 2.26. The van der Waals surface area contributed by atoms with E-state index in [0.29, 0.717) is 5.92 Å². The Kier molecular flexibility index (Phi) is 5.92. The highest BCUT2D eigenvalue weighted by molar-refractivity contribution is 5.80. The Morgan fingerprint density at radius 2 is 2.12 bits per heavy atom. The third-order valence-corrected chi connectivity index (χ3v) is 3.21. The van der Waals surface area contributed by atoms with Crippen LogP contribution >= 0.6 is 0 Å². The number of carbonyl (C=O) groups is 1. The molecule has 0 heterocycles. The van der Waals surface area contributed by atoms with E-state index < -0.39 is 0 Å². The lowest BCUT2D eigenvalue weighted by Gasteiger charge is -2.18. The summed E-state index contributed by atoms with van der Waals surface area (Å²) in [5, 5.41) is 2.90. The van der Waals surface area contributed by atoms with Gasteiger partial charge in [0.15, 0.2) is 0 Å². The number of carbonyl (C=O) groups excluding carboxylic acids is 1. The van der Waals surface area contributed by atoms with Gasteiger partial charge < -0.3 is 15.8 Å². The van der Waals surface area contributed by atoms with Gasteiger partial charge in [-0.2, -0.15) is 0 Å². The van der Waals surface area contributed by atoms with Gasteiger partial charge >= 0.3 is 0 Å². The van der Waals surface area contributed by atoms with E-state index in [2.05, 4.69) is 19.2 Å². The molecule has 0 spiro atoms. The molecule has 0 aromatic rings. The zero-order chi connectivity index (χ0) is 12.8. The number of rotatable bonds is 6. The summed E-state index contributed by atoms with van der Waals surface area (Å²) >= 11 is 0. The minimum absolute atomic E-state index is 0.00822. The van der Waals surface area contributed by atoms with Crippen LogP contribution in [0.4, 0.5) is 0 Å². The molecule has 0 aromatic carbocycles. The Bertz CT molecular complexity index is 244. The zero-order valence-electron chi connectivity index (χ0n) is 11.2. The molecule has 3 unspecified atom stereocenters. The van der Waals surface area contributed by atoms with E-state index in [1.54, 1.807) is 0 Å². The van der Waals surface area contributed by atoms with Gasteiger partial charge in [-0.15, -0.1) is 0 Å². The van der Waals surface area contributed by atoms with Crippen LogP contribution in [-0.2, 0) is 9.53 Å². The highest BCUT2D eigenvalue weighted by atomic mass is 16.5. The fourth-order valence-electron chi connectivity index (χ4n) is 2.08. The van der Waals surface area contributed by atoms with E-state index in [-0.39, 0.29) is 24.2 Å². The van der Waals surface area contributed by atoms with Crippen molar-refractivity contribution in [1.82, 2.24) is 5.32 Å². The third-order valence-electron chi connectivity index (χ3n) is 3.21. The number of hydrogen-bond donors (Lipinski definition) is 2. The number of amides is 1. The van der Waals surface area contributed by atoms with Crippen molar-refractivity contribution in [2.45, 2.75) is 64.7 Å². The molecule has 0 aliphatic heterocycles. The number of hydrogen-bond acceptors (Lipinski definition) is 3. The van der Waals surface area contributed by atoms with Crippen LogP contribution in [0.25, 0.3) is 0 Å². The summed E-state index contributed by atoms with van der Waals surface area (Å²) in [6, 6.07) is 0.246. The van der Waals surface area contributed by atoms with Crippen LogP contribution in [0.1, 0.15) is 46.5 Å². The van der Waals surface area contributed by atoms with Crippen molar-refractivity contribution < 1.29 is 9.53 Å². The van der Waals surface area contributed by atoms with Gasteiger partial charge in [0.05, 0.1) is 6.10 Å². The molecule has 1 aliphatic carbocycles. The number of ether oxygens (including phenoxy) is 1. The van der Waals surface area contributed by atoms with Gasteiger partial charge in [-0.05, 0) is 38.5 Å². The number of nitrogens with two attached hydrogens (primary N) is 1. The van der Waals surface area contributed by atoms with Crippen molar-refractivity contribution in [3.63, 3.8) is 0 Å². The van der Waals surface area contributed by atoms with Gasteiger partial charge in [0.25, 0.3) is 0 Å². The Hall–Kier alpha value is -0.610. The quantitative estimate of drug-likeness (QED) is 0.740. The topological polar surface area (TPSA) is 64.3 Å². The second kappa shape index (κ2) is 6.97. The molecule has 1 amide bonds. The van der Waals surface area contributed by atoms with E-state index in [9.17, 15) is 4.79 Å². The normalized spacial score (nSPS) is 26.2. The maximum Gasteiger partial charge on any atom is 0.248 e. The van der Waals surface area contributed by atoms with Gasteiger partial charge in [-0.3, -0.25) is 4.79 Å². The van der Waals surface area contributed by atoms with E-state index in [0.717, 1.165) is 32.2 Å². The summed E-state index contributed by atoms with van der Waals surface area (Å²) in [6.45, 7) is 6.83. The Balaban J connectivity index is 2.18. The fraction of sp³-hybridized carbons (Fsp3) is 0.923. The summed E-state index contributed by atoms with van der Waals surface area (Å²) < 4.78 is 5.71. The van der Waals surface area contributed by atoms with Crippen LogP contribution in [0.5, 0.6) is 0 Å². The van der Waals surface area contributed by atoms with Gasteiger partial charge in [-0.25, -0.2) is 0 Å². The molecule has 1 aliphatic rings. The van der Waals surface area contributed by atoms with Crippen LogP contribution in [0, 0.1) is 5.92 Å². The van der Waals surface area contributed by atoms with Crippen molar-refractivity contribution in [1.29, 1.82) is 0 Å². The molecule has 1 fully saturated rings. The van der Waals surface area contributed by atoms with Gasteiger partial charge in [0.1, 0.15) is 6.10 Å². The van der Waals surface area contributed by atoms with E-state index in [1.807, 2.05) is 6.92 Å². The summed E-state index contributed by atoms with van der Waals surface area (Å²) in [4.78, 5) is 11.7. The Morgan fingerprint density at radius 3 is 2.65 bits per heavy atom. The van der Waals surface area contributed by atoms with Crippen molar-refractivity contribution >= 4 is 5.91 Å². The molecule has 4 nitrogen and oxygen atoms in total. The van der Waals surface area contributed by atoms with E-state index in [1.165, 1.54) is 0 Å². The average molecular weight is 242 g/mol. The Morgan fingerprint density at radius 1 is 1.41 bits per heavy atom. The molecule has 3 atom stereocenters. The van der Waals surface area contributed by atoms with E-state index in [4.69, 9.17) is 10.5 Å². The molecule has 1 saturated carbocycles. The fourth-order valence-corrected chi connectivity index (χ4v) is 2.08. The van der Waals surface area contributed by atoms with Crippen LogP contribution in [0.3, 0.4) is 0 Å². The SMILES string of the molecule is CC(C)CCNC(=O)C(C)OC1CCC(N)C1. The van der Waals surface area contributed by atoms with Crippen LogP contribution in [0.15, 0.2) is 0 Å². The summed E-state index contributed by atoms with van der Waals surface area (Å²) in [5.41, 5.74) is 5.81. The van der Waals surface area contributed by atoms with Crippen molar-refractivity contribution in [2.24, 2.45) is 11.7 Å². The monoisotopic (exact) mass is 242 g/mol. The molecular weight excluding hydrogens is 216 g/mol. The molecule has 1 rings (SSSR count). The van der Waals surface area contributed by atoms with Crippen LogP contribution in [-0.4, -0.2) is 30.7 Å². The molecule has 17 heavy (non-hydrogen) atoms. The van der Waals surface area contributed by atoms with Crippen molar-refractivity contribution in [3.8, 4) is 0 Å². The second-order valence-corrected chi connectivity index (χ2v) is 5.45. The zero-order valence-corrected chi connectivity index (χ0v) is 11.2. The van der Waals surface area contributed by atoms with Crippen molar-refractivity contribution in [2.75, 3.05) is 6.54 Å². The predicted octanol–water partition coefficient (Wildman–Crippen LogP) is 1.43. The van der Waals surface area contributed by atoms with E-state index >= 15 is 0 Å². The lowest BCUT2D eigenvalue weighted by Crippen LogP contribution is -2.37. The van der Waals surface area contributed by atoms with Gasteiger partial charge in [0, 0.05) is 12.6 Å². The summed E-state index contributed by atoms with van der Waals surface area (Å²) in [6.07, 6.45) is 3.67. The van der Waals surface area contributed by atoms with Crippen molar-refractivity contribution in [3.05, 3.63) is 0 Å². The standard InChI is InChI=1S/C13H26N2O2/c1-9(2)6-7-15-13(16)10(3)17-12-5-4-11(14)8-12/h9-12H,4-8,14H2,1-3H3,(H,15,16). The lowest BCUT2D eigenvalue weighted by atomic mass is 10.1. The molecule has 4 heteroatoms. The first kappa shape index (κ1) is 14.5. The molecule has 100 valence electrons. The largest absolute Gasteiger partial charge is 0.365 e. The molecule has 0 bridgehead atoms. The maximum absolute atomic E-state index is 11.7. The summed E-state index contributed by atoms with van der Waals surface area (Å²) in [5.74, 6) is 0.602. The van der Waals surface area contributed by atoms with Crippen LogP contribution < -0.4 is 11.1 Å². The first-order valence-electron chi connectivity index (χ1n) is 6.67. The second-order valence-electron chi connectivity index (χ2n) is 5.45. The van der Waals surface area contributed by atoms with Crippen LogP contribution in [0.2, 0.25) is 0 Å². The molecule has 0 aromatic heterocycles. The number of nitrogens with one attached hydrogen (secondary N) is 1. The first-order chi connectivity index (χ1) is 7.99. The highest BCUT2D eigenvalue weighted by Crippen LogP contribution is 2.21. The van der Waals surface area contributed by atoms with Gasteiger partial charge in [-0.1, -0.05) is 13.8 Å². The Labute approximate surface area is 104 Å². The predicted molar refractivity (Wildman–Crippen MR) is 68.6 cm³/mol. The lowest BCUT2D eigenvalue weighted by molar-refractivity contribution is -0.135. The third kappa shape index (κ3) is 5.50. The maximum atomic E-state index is 11.7.